The van der Waals surface area contributed by atoms with Gasteiger partial charge in [0.25, 0.3) is 0 Å². The van der Waals surface area contributed by atoms with Gasteiger partial charge in [-0.1, -0.05) is 32.6 Å². The zero-order chi connectivity index (χ0) is 15.8. The van der Waals surface area contributed by atoms with E-state index in [0.29, 0.717) is 19.1 Å². The molecule has 0 saturated heterocycles. The molecule has 0 aliphatic heterocycles. The van der Waals surface area contributed by atoms with Crippen LogP contribution >= 0.6 is 0 Å². The third kappa shape index (κ3) is 6.34. The van der Waals surface area contributed by atoms with E-state index in [1.807, 2.05) is 0 Å². The van der Waals surface area contributed by atoms with Crippen LogP contribution in [0.1, 0.15) is 64.7 Å². The van der Waals surface area contributed by atoms with Crippen molar-refractivity contribution in [3.63, 3.8) is 0 Å². The number of hydrogen-bond acceptors (Lipinski definition) is 3. The molecule has 0 heterocycles. The number of nitrogens with one attached hydrogen (secondary N) is 2. The van der Waals surface area contributed by atoms with Gasteiger partial charge in [0.05, 0.1) is 6.54 Å². The Balaban J connectivity index is 1.70. The second-order valence-electron chi connectivity index (χ2n) is 6.82. The highest BCUT2D eigenvalue weighted by Crippen LogP contribution is 2.30. The fourth-order valence-corrected chi connectivity index (χ4v) is 3.26. The van der Waals surface area contributed by atoms with Crippen molar-refractivity contribution < 1.29 is 9.59 Å². The van der Waals surface area contributed by atoms with Gasteiger partial charge >= 0.3 is 6.03 Å². The summed E-state index contributed by atoms with van der Waals surface area (Å²) in [5.74, 6) is 0.567. The summed E-state index contributed by atoms with van der Waals surface area (Å²) in [5.41, 5.74) is 0. The summed E-state index contributed by atoms with van der Waals surface area (Å²) in [6.45, 7) is 4.09. The Morgan fingerprint density at radius 2 is 1.82 bits per heavy atom. The largest absolute Gasteiger partial charge is 0.338 e. The van der Waals surface area contributed by atoms with Gasteiger partial charge in [-0.3, -0.25) is 15.0 Å². The third-order valence-corrected chi connectivity index (χ3v) is 4.70. The van der Waals surface area contributed by atoms with Crippen LogP contribution in [0.3, 0.4) is 0 Å². The van der Waals surface area contributed by atoms with E-state index < -0.39 is 0 Å². The fraction of sp³-hybridized carbons (Fsp3) is 0.882. The van der Waals surface area contributed by atoms with E-state index in [4.69, 9.17) is 0 Å². The van der Waals surface area contributed by atoms with Crippen molar-refractivity contribution >= 4 is 11.9 Å². The second-order valence-corrected chi connectivity index (χ2v) is 6.82. The minimum Gasteiger partial charge on any atom is -0.338 e. The Kier molecular flexibility index (Phi) is 7.16. The number of rotatable bonds is 8. The summed E-state index contributed by atoms with van der Waals surface area (Å²) in [6.07, 6.45) is 11.0. The number of carbonyl (C=O) groups excluding carboxylic acids is 2. The number of amides is 3. The molecule has 0 spiro atoms. The lowest BCUT2D eigenvalue weighted by atomic mass is 9.89. The molecule has 0 aromatic carbocycles. The van der Waals surface area contributed by atoms with Crippen LogP contribution in [0.4, 0.5) is 4.79 Å². The molecule has 22 heavy (non-hydrogen) atoms. The third-order valence-electron chi connectivity index (χ3n) is 4.70. The van der Waals surface area contributed by atoms with Crippen LogP contribution in [0.2, 0.25) is 0 Å². The number of hydrogen-bond donors (Lipinski definition) is 2. The molecule has 3 amide bonds. The molecule has 5 heteroatoms. The maximum atomic E-state index is 12.1. The highest BCUT2D eigenvalue weighted by atomic mass is 16.2. The highest BCUT2D eigenvalue weighted by molar-refractivity contribution is 5.95. The zero-order valence-corrected chi connectivity index (χ0v) is 13.9. The van der Waals surface area contributed by atoms with E-state index in [0.717, 1.165) is 25.3 Å². The highest BCUT2D eigenvalue weighted by Gasteiger charge is 2.32. The number of unbranched alkanes of at least 4 members (excludes halogenated alkanes) is 1. The summed E-state index contributed by atoms with van der Waals surface area (Å²) >= 11 is 0. The lowest BCUT2D eigenvalue weighted by molar-refractivity contribution is -0.121. The Hall–Kier alpha value is -1.10. The molecular weight excluding hydrogens is 278 g/mol. The number of carbonyl (C=O) groups is 2. The average Bonchev–Trinajstić information content (AvgIpc) is 3.32. The van der Waals surface area contributed by atoms with Crippen LogP contribution in [0.15, 0.2) is 0 Å². The predicted molar refractivity (Wildman–Crippen MR) is 87.6 cm³/mol. The van der Waals surface area contributed by atoms with Crippen LogP contribution in [-0.2, 0) is 4.79 Å². The Morgan fingerprint density at radius 1 is 1.09 bits per heavy atom. The standard InChI is InChI=1S/C17H31N3O2/c1-2-3-11-18-17(22)19-16(21)13-20(15-9-10-15)12-14-7-5-4-6-8-14/h14-15H,2-13H2,1H3,(H2,18,19,21,22). The minimum absolute atomic E-state index is 0.170. The van der Waals surface area contributed by atoms with Gasteiger partial charge in [-0.15, -0.1) is 0 Å². The van der Waals surface area contributed by atoms with E-state index in [1.165, 1.54) is 44.9 Å². The quantitative estimate of drug-likeness (QED) is 0.678. The van der Waals surface area contributed by atoms with Crippen LogP contribution in [-0.4, -0.2) is 42.5 Å². The zero-order valence-electron chi connectivity index (χ0n) is 13.9. The monoisotopic (exact) mass is 309 g/mol. The normalized spacial score (nSPS) is 19.2. The van der Waals surface area contributed by atoms with Gasteiger partial charge in [-0.05, 0) is 38.0 Å². The van der Waals surface area contributed by atoms with E-state index >= 15 is 0 Å². The van der Waals surface area contributed by atoms with Crippen molar-refractivity contribution in [3.8, 4) is 0 Å². The molecule has 0 aromatic rings. The summed E-state index contributed by atoms with van der Waals surface area (Å²) in [7, 11) is 0. The van der Waals surface area contributed by atoms with Crippen LogP contribution in [0.25, 0.3) is 0 Å². The smallest absolute Gasteiger partial charge is 0.321 e. The fourth-order valence-electron chi connectivity index (χ4n) is 3.26. The van der Waals surface area contributed by atoms with Crippen molar-refractivity contribution in [2.24, 2.45) is 5.92 Å². The molecule has 0 unspecified atom stereocenters. The van der Waals surface area contributed by atoms with Gasteiger partial charge in [0.15, 0.2) is 0 Å². The lowest BCUT2D eigenvalue weighted by Crippen LogP contribution is -2.46. The van der Waals surface area contributed by atoms with Gasteiger partial charge < -0.3 is 5.32 Å². The summed E-state index contributed by atoms with van der Waals surface area (Å²) in [5, 5.41) is 5.18. The maximum absolute atomic E-state index is 12.1. The first-order valence-electron chi connectivity index (χ1n) is 9.00. The number of imide groups is 1. The van der Waals surface area contributed by atoms with Gasteiger partial charge in [0.1, 0.15) is 0 Å². The molecule has 2 N–H and O–H groups in total. The maximum Gasteiger partial charge on any atom is 0.321 e. The molecule has 5 nitrogen and oxygen atoms in total. The van der Waals surface area contributed by atoms with Crippen LogP contribution in [0.5, 0.6) is 0 Å². The van der Waals surface area contributed by atoms with Gasteiger partial charge in [0.2, 0.25) is 5.91 Å². The second kappa shape index (κ2) is 9.13. The molecule has 0 bridgehead atoms. The van der Waals surface area contributed by atoms with Crippen molar-refractivity contribution in [1.82, 2.24) is 15.5 Å². The predicted octanol–water partition coefficient (Wildman–Crippen LogP) is 2.66. The SMILES string of the molecule is CCCCNC(=O)NC(=O)CN(CC1CCCCC1)C1CC1. The molecule has 0 aromatic heterocycles. The van der Waals surface area contributed by atoms with E-state index in [1.54, 1.807) is 0 Å². The van der Waals surface area contributed by atoms with Crippen molar-refractivity contribution in [3.05, 3.63) is 0 Å². The average molecular weight is 309 g/mol. The van der Waals surface area contributed by atoms with Crippen molar-refractivity contribution in [2.75, 3.05) is 19.6 Å². The topological polar surface area (TPSA) is 61.4 Å². The van der Waals surface area contributed by atoms with E-state index in [2.05, 4.69) is 22.5 Å². The lowest BCUT2D eigenvalue weighted by Gasteiger charge is -2.29. The molecule has 2 fully saturated rings. The Morgan fingerprint density at radius 3 is 2.45 bits per heavy atom. The number of nitrogens with zero attached hydrogens (tertiary/aromatic N) is 1. The Bertz CT molecular complexity index is 363. The first-order valence-corrected chi connectivity index (χ1v) is 9.00. The molecule has 0 atom stereocenters. The van der Waals surface area contributed by atoms with E-state index in [9.17, 15) is 9.59 Å². The molecule has 126 valence electrons. The summed E-state index contributed by atoms with van der Waals surface area (Å²) in [4.78, 5) is 26.0. The molecule has 0 radical (unpaired) electrons. The van der Waals surface area contributed by atoms with Crippen molar-refractivity contribution in [1.29, 1.82) is 0 Å². The van der Waals surface area contributed by atoms with Gasteiger partial charge in [0, 0.05) is 19.1 Å². The van der Waals surface area contributed by atoms with Crippen molar-refractivity contribution in [2.45, 2.75) is 70.8 Å². The first-order chi connectivity index (χ1) is 10.7. The Labute approximate surface area is 134 Å². The number of urea groups is 1. The summed E-state index contributed by atoms with van der Waals surface area (Å²) < 4.78 is 0. The molecular formula is C17H31N3O2. The van der Waals surface area contributed by atoms with Crippen LogP contribution < -0.4 is 10.6 Å². The first kappa shape index (κ1) is 17.3. The molecule has 2 rings (SSSR count). The van der Waals surface area contributed by atoms with Crippen LogP contribution in [0, 0.1) is 5.92 Å². The van der Waals surface area contributed by atoms with E-state index in [-0.39, 0.29) is 11.9 Å². The molecule has 2 aliphatic rings. The van der Waals surface area contributed by atoms with Gasteiger partial charge in [-0.25, -0.2) is 4.79 Å². The summed E-state index contributed by atoms with van der Waals surface area (Å²) in [6, 6.07) is 0.211. The molecule has 2 aliphatic carbocycles. The minimum atomic E-state index is -0.355. The van der Waals surface area contributed by atoms with Gasteiger partial charge in [-0.2, -0.15) is 0 Å². The molecule has 2 saturated carbocycles.